The average Bonchev–Trinajstić information content (AvgIpc) is 2.66. The van der Waals surface area contributed by atoms with E-state index in [4.69, 9.17) is 4.74 Å². The van der Waals surface area contributed by atoms with Gasteiger partial charge in [0.15, 0.2) is 0 Å². The monoisotopic (exact) mass is 234 g/mol. The molecule has 4 heteroatoms. The molecule has 1 aromatic heterocycles. The van der Waals surface area contributed by atoms with Gasteiger partial charge in [-0.05, 0) is 18.9 Å². The van der Waals surface area contributed by atoms with Gasteiger partial charge in [0.25, 0.3) is 0 Å². The predicted molar refractivity (Wildman–Crippen MR) is 64.5 cm³/mol. The van der Waals surface area contributed by atoms with Gasteiger partial charge in [0.2, 0.25) is 0 Å². The SMILES string of the molecule is O=C(OCc1cccnc1)N1CCCCCC1. The Labute approximate surface area is 102 Å². The summed E-state index contributed by atoms with van der Waals surface area (Å²) in [6.45, 7) is 1.96. The van der Waals surface area contributed by atoms with Gasteiger partial charge < -0.3 is 9.64 Å². The number of aromatic nitrogens is 1. The molecule has 2 heterocycles. The number of rotatable bonds is 2. The second kappa shape index (κ2) is 6.23. The summed E-state index contributed by atoms with van der Waals surface area (Å²) in [6.07, 6.45) is 7.83. The van der Waals surface area contributed by atoms with Crippen LogP contribution in [0.15, 0.2) is 24.5 Å². The highest BCUT2D eigenvalue weighted by Gasteiger charge is 2.16. The number of likely N-dealkylation sites (tertiary alicyclic amines) is 1. The van der Waals surface area contributed by atoms with E-state index < -0.39 is 0 Å². The molecule has 4 nitrogen and oxygen atoms in total. The number of nitrogens with zero attached hydrogens (tertiary/aromatic N) is 2. The fourth-order valence-electron chi connectivity index (χ4n) is 1.97. The number of pyridine rings is 1. The van der Waals surface area contributed by atoms with E-state index in [1.165, 1.54) is 12.8 Å². The lowest BCUT2D eigenvalue weighted by molar-refractivity contribution is 0.0973. The molecule has 1 amide bonds. The Bertz CT molecular complexity index is 346. The summed E-state index contributed by atoms with van der Waals surface area (Å²) < 4.78 is 5.27. The van der Waals surface area contributed by atoms with Crippen molar-refractivity contribution < 1.29 is 9.53 Å². The Kier molecular flexibility index (Phi) is 4.36. The fraction of sp³-hybridized carbons (Fsp3) is 0.538. The van der Waals surface area contributed by atoms with Crippen molar-refractivity contribution in [2.75, 3.05) is 13.1 Å². The summed E-state index contributed by atoms with van der Waals surface area (Å²) in [4.78, 5) is 17.6. The van der Waals surface area contributed by atoms with Crippen molar-refractivity contribution >= 4 is 6.09 Å². The standard InChI is InChI=1S/C13H18N2O2/c16-13(15-8-3-1-2-4-9-15)17-11-12-6-5-7-14-10-12/h5-7,10H,1-4,8-9,11H2. The van der Waals surface area contributed by atoms with Crippen molar-refractivity contribution in [3.05, 3.63) is 30.1 Å². The van der Waals surface area contributed by atoms with Crippen molar-refractivity contribution in [2.24, 2.45) is 0 Å². The first-order valence-electron chi connectivity index (χ1n) is 6.17. The lowest BCUT2D eigenvalue weighted by Crippen LogP contribution is -2.32. The Morgan fingerprint density at radius 2 is 2.06 bits per heavy atom. The molecule has 0 atom stereocenters. The van der Waals surface area contributed by atoms with Crippen molar-refractivity contribution in [3.8, 4) is 0 Å². The van der Waals surface area contributed by atoms with E-state index in [0.717, 1.165) is 31.5 Å². The van der Waals surface area contributed by atoms with E-state index in [1.54, 1.807) is 12.4 Å². The number of carbonyl (C=O) groups excluding carboxylic acids is 1. The van der Waals surface area contributed by atoms with Crippen LogP contribution < -0.4 is 0 Å². The highest BCUT2D eigenvalue weighted by atomic mass is 16.6. The second-order valence-electron chi connectivity index (χ2n) is 4.32. The molecule has 17 heavy (non-hydrogen) atoms. The van der Waals surface area contributed by atoms with Crippen LogP contribution in [0.1, 0.15) is 31.2 Å². The van der Waals surface area contributed by atoms with Gasteiger partial charge in [-0.15, -0.1) is 0 Å². The smallest absolute Gasteiger partial charge is 0.410 e. The van der Waals surface area contributed by atoms with Crippen LogP contribution in [0.4, 0.5) is 4.79 Å². The number of hydrogen-bond acceptors (Lipinski definition) is 3. The fourth-order valence-corrected chi connectivity index (χ4v) is 1.97. The van der Waals surface area contributed by atoms with Crippen LogP contribution in [0.3, 0.4) is 0 Å². The minimum Gasteiger partial charge on any atom is -0.444 e. The van der Waals surface area contributed by atoms with E-state index >= 15 is 0 Å². The van der Waals surface area contributed by atoms with Gasteiger partial charge >= 0.3 is 6.09 Å². The van der Waals surface area contributed by atoms with Crippen molar-refractivity contribution in [1.82, 2.24) is 9.88 Å². The second-order valence-corrected chi connectivity index (χ2v) is 4.32. The molecule has 1 fully saturated rings. The minimum atomic E-state index is -0.198. The highest BCUT2D eigenvalue weighted by Crippen LogP contribution is 2.11. The largest absolute Gasteiger partial charge is 0.444 e. The molecule has 0 aromatic carbocycles. The number of amides is 1. The number of carbonyl (C=O) groups is 1. The average molecular weight is 234 g/mol. The summed E-state index contributed by atoms with van der Waals surface area (Å²) in [5.74, 6) is 0. The molecule has 1 aromatic rings. The maximum atomic E-state index is 11.8. The quantitative estimate of drug-likeness (QED) is 0.790. The molecule has 2 rings (SSSR count). The first-order valence-corrected chi connectivity index (χ1v) is 6.17. The molecule has 0 aliphatic carbocycles. The van der Waals surface area contributed by atoms with E-state index in [0.29, 0.717) is 6.61 Å². The third-order valence-corrected chi connectivity index (χ3v) is 2.95. The van der Waals surface area contributed by atoms with Gasteiger partial charge in [0.1, 0.15) is 6.61 Å². The molecule has 0 bridgehead atoms. The van der Waals surface area contributed by atoms with Crippen molar-refractivity contribution in [3.63, 3.8) is 0 Å². The zero-order valence-electron chi connectivity index (χ0n) is 9.97. The molecule has 0 spiro atoms. The van der Waals surface area contributed by atoms with Gasteiger partial charge in [-0.2, -0.15) is 0 Å². The lowest BCUT2D eigenvalue weighted by atomic mass is 10.2. The first-order chi connectivity index (χ1) is 8.36. The van der Waals surface area contributed by atoms with Gasteiger partial charge in [-0.3, -0.25) is 4.98 Å². The summed E-state index contributed by atoms with van der Waals surface area (Å²) >= 11 is 0. The predicted octanol–water partition coefficient (Wildman–Crippen LogP) is 2.59. The van der Waals surface area contributed by atoms with Gasteiger partial charge in [0.05, 0.1) is 0 Å². The topological polar surface area (TPSA) is 42.4 Å². The molecule has 0 N–H and O–H groups in total. The maximum absolute atomic E-state index is 11.8. The van der Waals surface area contributed by atoms with Crippen LogP contribution in [0.5, 0.6) is 0 Å². The molecule has 1 aliphatic rings. The van der Waals surface area contributed by atoms with Crippen molar-refractivity contribution in [2.45, 2.75) is 32.3 Å². The number of ether oxygens (including phenoxy) is 1. The third-order valence-electron chi connectivity index (χ3n) is 2.95. The van der Waals surface area contributed by atoms with Crippen molar-refractivity contribution in [1.29, 1.82) is 0 Å². The van der Waals surface area contributed by atoms with E-state index in [-0.39, 0.29) is 6.09 Å². The first kappa shape index (κ1) is 11.9. The Morgan fingerprint density at radius 1 is 1.29 bits per heavy atom. The van der Waals surface area contributed by atoms with Gasteiger partial charge in [-0.1, -0.05) is 18.9 Å². The molecule has 1 saturated heterocycles. The van der Waals surface area contributed by atoms with Crippen LogP contribution >= 0.6 is 0 Å². The molecule has 92 valence electrons. The van der Waals surface area contributed by atoms with Gasteiger partial charge in [0, 0.05) is 31.0 Å². The van der Waals surface area contributed by atoms with E-state index in [2.05, 4.69) is 4.98 Å². The molecular weight excluding hydrogens is 216 g/mol. The molecule has 0 radical (unpaired) electrons. The highest BCUT2D eigenvalue weighted by molar-refractivity contribution is 5.67. The zero-order valence-corrected chi connectivity index (χ0v) is 9.97. The minimum absolute atomic E-state index is 0.198. The normalized spacial score (nSPS) is 16.4. The van der Waals surface area contributed by atoms with Crippen LogP contribution in [0.25, 0.3) is 0 Å². The zero-order chi connectivity index (χ0) is 11.9. The van der Waals surface area contributed by atoms with Crippen LogP contribution in [-0.4, -0.2) is 29.1 Å². The summed E-state index contributed by atoms with van der Waals surface area (Å²) in [7, 11) is 0. The van der Waals surface area contributed by atoms with E-state index in [1.807, 2.05) is 17.0 Å². The molecule has 0 unspecified atom stereocenters. The van der Waals surface area contributed by atoms with E-state index in [9.17, 15) is 4.79 Å². The van der Waals surface area contributed by atoms with Crippen LogP contribution in [-0.2, 0) is 11.3 Å². The lowest BCUT2D eigenvalue weighted by Gasteiger charge is -2.19. The number of hydrogen-bond donors (Lipinski definition) is 0. The summed E-state index contributed by atoms with van der Waals surface area (Å²) in [5.41, 5.74) is 0.927. The van der Waals surface area contributed by atoms with Crippen LogP contribution in [0.2, 0.25) is 0 Å². The third kappa shape index (κ3) is 3.73. The summed E-state index contributed by atoms with van der Waals surface area (Å²) in [6, 6.07) is 3.75. The summed E-state index contributed by atoms with van der Waals surface area (Å²) in [5, 5.41) is 0. The van der Waals surface area contributed by atoms with Crippen LogP contribution in [0, 0.1) is 0 Å². The molecule has 0 saturated carbocycles. The molecular formula is C13H18N2O2. The van der Waals surface area contributed by atoms with Gasteiger partial charge in [-0.25, -0.2) is 4.79 Å². The molecule has 1 aliphatic heterocycles. The Balaban J connectivity index is 1.80. The Morgan fingerprint density at radius 3 is 2.71 bits per heavy atom. The Hall–Kier alpha value is -1.58. The maximum Gasteiger partial charge on any atom is 0.410 e.